The number of rotatable bonds is 11. The molecule has 0 saturated carbocycles. The van der Waals surface area contributed by atoms with E-state index in [2.05, 4.69) is 0 Å². The maximum atomic E-state index is 12.9. The highest BCUT2D eigenvalue weighted by atomic mass is 32.2. The number of hydrogen-bond donors (Lipinski definition) is 1. The average molecular weight is 545 g/mol. The van der Waals surface area contributed by atoms with Crippen LogP contribution in [0.5, 0.6) is 0 Å². The van der Waals surface area contributed by atoms with Crippen molar-refractivity contribution in [1.82, 2.24) is 4.90 Å². The van der Waals surface area contributed by atoms with Crippen molar-refractivity contribution < 1.29 is 33.7 Å². The van der Waals surface area contributed by atoms with E-state index in [1.165, 1.54) is 65.2 Å². The van der Waals surface area contributed by atoms with Gasteiger partial charge in [-0.3, -0.25) is 29.8 Å². The molecule has 4 rings (SSSR count). The number of hydrogen-bond acceptors (Lipinski definition) is 11. The fourth-order valence-electron chi connectivity index (χ4n) is 4.30. The Kier molecular flexibility index (Phi) is 8.22. The lowest BCUT2D eigenvalue weighted by Crippen LogP contribution is -2.55. The van der Waals surface area contributed by atoms with E-state index in [-0.39, 0.29) is 47.5 Å². The summed E-state index contributed by atoms with van der Waals surface area (Å²) in [6, 6.07) is 9.31. The first kappa shape index (κ1) is 27.0. The minimum Gasteiger partial charge on any atom is -0.460 e. The van der Waals surface area contributed by atoms with Gasteiger partial charge in [0, 0.05) is 47.7 Å². The van der Waals surface area contributed by atoms with Gasteiger partial charge in [0.1, 0.15) is 25.3 Å². The second-order valence-electron chi connectivity index (χ2n) is 8.88. The molecule has 2 saturated heterocycles. The number of esters is 2. The number of nitrogens with zero attached hydrogens (tertiary/aromatic N) is 3. The molecule has 13 nitrogen and oxygen atoms in total. The number of amides is 1. The summed E-state index contributed by atoms with van der Waals surface area (Å²) in [6.07, 6.45) is 0.894. The summed E-state index contributed by atoms with van der Waals surface area (Å²) in [4.78, 5) is 59.5. The lowest BCUT2D eigenvalue weighted by atomic mass is 10.0. The monoisotopic (exact) mass is 544 g/mol. The fraction of sp³-hybridized carbons (Fsp3) is 0.375. The molecule has 4 unspecified atom stereocenters. The van der Waals surface area contributed by atoms with E-state index >= 15 is 0 Å². The van der Waals surface area contributed by atoms with Gasteiger partial charge in [0.05, 0.1) is 9.85 Å². The molecule has 38 heavy (non-hydrogen) atoms. The van der Waals surface area contributed by atoms with Crippen LogP contribution in [0.1, 0.15) is 24.0 Å². The van der Waals surface area contributed by atoms with Crippen LogP contribution in [0.15, 0.2) is 48.5 Å². The quantitative estimate of drug-likeness (QED) is 0.189. The second-order valence-corrected chi connectivity index (χ2v) is 10.2. The molecule has 0 bridgehead atoms. The van der Waals surface area contributed by atoms with Gasteiger partial charge in [-0.1, -0.05) is 0 Å². The first-order valence-corrected chi connectivity index (χ1v) is 12.7. The first-order chi connectivity index (χ1) is 18.1. The number of carbonyl (C=O) groups excluding carboxylic acids is 3. The van der Waals surface area contributed by atoms with Crippen LogP contribution < -0.4 is 5.73 Å². The molecule has 2 aliphatic heterocycles. The van der Waals surface area contributed by atoms with Gasteiger partial charge in [-0.2, -0.15) is 11.8 Å². The zero-order valence-corrected chi connectivity index (χ0v) is 20.8. The van der Waals surface area contributed by atoms with Gasteiger partial charge in [0.15, 0.2) is 0 Å². The molecular formula is C24H24N4O9S. The van der Waals surface area contributed by atoms with Crippen molar-refractivity contribution in [2.45, 2.75) is 49.4 Å². The minimum absolute atomic E-state index is 0.0752. The van der Waals surface area contributed by atoms with E-state index in [1.54, 1.807) is 0 Å². The van der Waals surface area contributed by atoms with Crippen molar-refractivity contribution in [2.75, 3.05) is 5.75 Å². The third-order valence-electron chi connectivity index (χ3n) is 6.34. The van der Waals surface area contributed by atoms with E-state index in [9.17, 15) is 34.6 Å². The standard InChI is InChI=1S/C24H24N4O9S/c25-19(23(30)36-11-14-1-5-16(6-2-14)27(32)33)13-38-20-9-18-10-21(29)26(18)22(20)24(31)37-12-15-3-7-17(8-4-15)28(34)35/h1-8,18-20,22H,9-13,25H2. The Morgan fingerprint density at radius 2 is 1.50 bits per heavy atom. The summed E-state index contributed by atoms with van der Waals surface area (Å²) >= 11 is 1.29. The van der Waals surface area contributed by atoms with Crippen molar-refractivity contribution in [3.63, 3.8) is 0 Å². The highest BCUT2D eigenvalue weighted by Gasteiger charge is 2.54. The van der Waals surface area contributed by atoms with E-state index in [1.807, 2.05) is 0 Å². The lowest BCUT2D eigenvalue weighted by molar-refractivity contribution is -0.385. The molecular weight excluding hydrogens is 520 g/mol. The largest absolute Gasteiger partial charge is 0.460 e. The lowest BCUT2D eigenvalue weighted by Gasteiger charge is -2.37. The number of ether oxygens (including phenoxy) is 2. The molecule has 0 aromatic heterocycles. The zero-order chi connectivity index (χ0) is 27.4. The highest BCUT2D eigenvalue weighted by molar-refractivity contribution is 8.00. The highest BCUT2D eigenvalue weighted by Crippen LogP contribution is 2.41. The summed E-state index contributed by atoms with van der Waals surface area (Å²) in [6.45, 7) is -0.202. The number of thioether (sulfide) groups is 1. The Morgan fingerprint density at radius 3 is 2.00 bits per heavy atom. The van der Waals surface area contributed by atoms with Gasteiger partial charge in [-0.05, 0) is 41.8 Å². The Balaban J connectivity index is 1.29. The number of carbonyl (C=O) groups is 3. The van der Waals surface area contributed by atoms with Crippen molar-refractivity contribution in [3.8, 4) is 0 Å². The van der Waals surface area contributed by atoms with Crippen LogP contribution in [0.3, 0.4) is 0 Å². The van der Waals surface area contributed by atoms with Gasteiger partial charge in [0.2, 0.25) is 5.91 Å². The van der Waals surface area contributed by atoms with Crippen LogP contribution in [0.25, 0.3) is 0 Å². The normalized spacial score (nSPS) is 20.7. The van der Waals surface area contributed by atoms with Crippen molar-refractivity contribution in [3.05, 3.63) is 79.9 Å². The van der Waals surface area contributed by atoms with Gasteiger partial charge in [0.25, 0.3) is 11.4 Å². The van der Waals surface area contributed by atoms with Gasteiger partial charge >= 0.3 is 11.9 Å². The number of nitro groups is 2. The number of nitro benzene ring substituents is 2. The van der Waals surface area contributed by atoms with Crippen LogP contribution in [-0.4, -0.2) is 61.7 Å². The van der Waals surface area contributed by atoms with Crippen LogP contribution >= 0.6 is 11.8 Å². The fourth-order valence-corrected chi connectivity index (χ4v) is 5.67. The summed E-state index contributed by atoms with van der Waals surface area (Å²) in [7, 11) is 0. The number of benzene rings is 2. The molecule has 2 aliphatic rings. The van der Waals surface area contributed by atoms with E-state index < -0.39 is 33.9 Å². The molecule has 1 amide bonds. The van der Waals surface area contributed by atoms with Crippen LogP contribution in [0.2, 0.25) is 0 Å². The summed E-state index contributed by atoms with van der Waals surface area (Å²) in [5, 5.41) is 21.2. The van der Waals surface area contributed by atoms with Crippen LogP contribution in [0.4, 0.5) is 11.4 Å². The molecule has 2 aromatic carbocycles. The number of nitrogens with two attached hydrogens (primary N) is 1. The van der Waals surface area contributed by atoms with E-state index in [4.69, 9.17) is 15.2 Å². The predicted molar refractivity (Wildman–Crippen MR) is 134 cm³/mol. The topological polar surface area (TPSA) is 185 Å². The molecule has 0 aliphatic carbocycles. The molecule has 4 atom stereocenters. The molecule has 200 valence electrons. The third kappa shape index (κ3) is 6.08. The molecule has 0 radical (unpaired) electrons. The van der Waals surface area contributed by atoms with Gasteiger partial charge in [-0.15, -0.1) is 0 Å². The van der Waals surface area contributed by atoms with Crippen LogP contribution in [-0.2, 0) is 37.1 Å². The van der Waals surface area contributed by atoms with Crippen molar-refractivity contribution in [2.24, 2.45) is 5.73 Å². The average Bonchev–Trinajstić information content (AvgIpc) is 3.21. The third-order valence-corrected chi connectivity index (χ3v) is 7.77. The van der Waals surface area contributed by atoms with E-state index in [0.717, 1.165) is 0 Å². The summed E-state index contributed by atoms with van der Waals surface area (Å²) in [5.74, 6) is -1.26. The molecule has 14 heteroatoms. The maximum Gasteiger partial charge on any atom is 0.330 e. The predicted octanol–water partition coefficient (Wildman–Crippen LogP) is 2.09. The number of non-ortho nitro benzene ring substituents is 2. The molecule has 2 fully saturated rings. The van der Waals surface area contributed by atoms with Gasteiger partial charge in [-0.25, -0.2) is 4.79 Å². The second kappa shape index (κ2) is 11.6. The summed E-state index contributed by atoms with van der Waals surface area (Å²) in [5.41, 5.74) is 6.97. The smallest absolute Gasteiger partial charge is 0.330 e. The molecule has 2 heterocycles. The van der Waals surface area contributed by atoms with Crippen molar-refractivity contribution in [1.29, 1.82) is 0 Å². The number of fused-ring (bicyclic) bond motifs is 1. The van der Waals surface area contributed by atoms with Crippen LogP contribution in [0, 0.1) is 20.2 Å². The van der Waals surface area contributed by atoms with Crippen molar-refractivity contribution >= 4 is 41.0 Å². The SMILES string of the molecule is NC(CSC1CC2CC(=O)N2C1C(=O)OCc1ccc([N+](=O)[O-])cc1)C(=O)OCc1ccc([N+](=O)[O-])cc1. The Morgan fingerprint density at radius 1 is 0.974 bits per heavy atom. The van der Waals surface area contributed by atoms with Gasteiger partial charge < -0.3 is 20.1 Å². The summed E-state index contributed by atoms with van der Waals surface area (Å²) < 4.78 is 10.6. The Bertz CT molecular complexity index is 1240. The Hall–Kier alpha value is -4.04. The first-order valence-electron chi connectivity index (χ1n) is 11.6. The molecule has 2 aromatic rings. The van der Waals surface area contributed by atoms with E-state index in [0.29, 0.717) is 24.0 Å². The zero-order valence-electron chi connectivity index (χ0n) is 20.0. The maximum absolute atomic E-state index is 12.9. The molecule has 2 N–H and O–H groups in total. The minimum atomic E-state index is -0.987. The molecule has 0 spiro atoms. The number of β-lactam (4-membered cyclic amide) rings is 1. The Labute approximate surface area is 220 Å².